The normalized spacial score (nSPS) is 11.1. The molecule has 0 bridgehead atoms. The van der Waals surface area contributed by atoms with Gasteiger partial charge in [0.15, 0.2) is 0 Å². The fraction of sp³-hybridized carbons (Fsp3) is 0.0870. The van der Waals surface area contributed by atoms with Gasteiger partial charge in [-0.1, -0.05) is 41.4 Å². The minimum absolute atomic E-state index is 0.0370. The minimum atomic E-state index is -2.97. The molecule has 0 amide bonds. The number of nitrogens with one attached hydrogen (secondary N) is 1. The molecule has 0 aliphatic heterocycles. The quantitative estimate of drug-likeness (QED) is 0.392. The number of phenols is 1. The molecule has 0 aliphatic rings. The summed E-state index contributed by atoms with van der Waals surface area (Å²) >= 11 is 12.9. The van der Waals surface area contributed by atoms with E-state index in [2.05, 4.69) is 14.8 Å². The van der Waals surface area contributed by atoms with Crippen LogP contribution in [0, 0.1) is 0 Å². The number of phenolic OH excluding ortho intramolecular Hbond substituents is 1. The highest BCUT2D eigenvalue weighted by Gasteiger charge is 2.14. The van der Waals surface area contributed by atoms with Crippen LogP contribution in [0.15, 0.2) is 70.4 Å². The lowest BCUT2D eigenvalue weighted by Gasteiger charge is -2.13. The molecule has 0 saturated carbocycles. The van der Waals surface area contributed by atoms with Crippen molar-refractivity contribution in [2.75, 3.05) is 0 Å². The van der Waals surface area contributed by atoms with Crippen LogP contribution in [0.2, 0.25) is 10.0 Å². The first-order valence-corrected chi connectivity index (χ1v) is 10.5. The lowest BCUT2D eigenvalue weighted by atomic mass is 9.98. The van der Waals surface area contributed by atoms with E-state index in [1.165, 1.54) is 30.3 Å². The van der Waals surface area contributed by atoms with Crippen LogP contribution < -0.4 is 16.0 Å². The molecule has 0 spiro atoms. The number of alkyl halides is 2. The summed E-state index contributed by atoms with van der Waals surface area (Å²) in [6, 6.07) is 13.8. The van der Waals surface area contributed by atoms with Crippen molar-refractivity contribution in [3.05, 3.63) is 103 Å². The molecule has 1 aromatic heterocycles. The van der Waals surface area contributed by atoms with Crippen LogP contribution >= 0.6 is 23.2 Å². The predicted molar refractivity (Wildman–Crippen MR) is 123 cm³/mol. The molecule has 0 radical (unpaired) electrons. The van der Waals surface area contributed by atoms with Gasteiger partial charge in [-0.2, -0.15) is 18.6 Å². The molecule has 0 unspecified atom stereocenters. The first-order valence-electron chi connectivity index (χ1n) is 9.75. The molecule has 1 heterocycles. The molecule has 0 fully saturated rings. The summed E-state index contributed by atoms with van der Waals surface area (Å²) in [5.74, 6) is -0.0842. The summed E-state index contributed by atoms with van der Waals surface area (Å²) in [5, 5.41) is 14.6. The zero-order valence-corrected chi connectivity index (χ0v) is 18.6. The van der Waals surface area contributed by atoms with Gasteiger partial charge in [0.25, 0.3) is 5.56 Å². The number of benzene rings is 3. The van der Waals surface area contributed by atoms with E-state index >= 15 is 0 Å². The molecule has 2 N–H and O–H groups in total. The molecule has 3 aromatic carbocycles. The lowest BCUT2D eigenvalue weighted by molar-refractivity contribution is -0.0498. The van der Waals surface area contributed by atoms with Crippen LogP contribution in [-0.2, 0) is 6.42 Å². The van der Waals surface area contributed by atoms with Crippen LogP contribution in [-0.4, -0.2) is 26.5 Å². The van der Waals surface area contributed by atoms with Gasteiger partial charge in [0.2, 0.25) is 0 Å². The minimum Gasteiger partial charge on any atom is -0.507 e. The van der Waals surface area contributed by atoms with Crippen molar-refractivity contribution in [2.45, 2.75) is 13.0 Å². The van der Waals surface area contributed by atoms with Crippen LogP contribution in [0.1, 0.15) is 11.1 Å². The first-order chi connectivity index (χ1) is 16.2. The summed E-state index contributed by atoms with van der Waals surface area (Å²) in [6.07, 6.45) is 1.23. The maximum Gasteiger partial charge on any atom is 0.387 e. The monoisotopic (exact) mass is 505 g/mol. The average molecular weight is 506 g/mol. The van der Waals surface area contributed by atoms with E-state index < -0.39 is 17.9 Å². The molecule has 0 aliphatic carbocycles. The Morgan fingerprint density at radius 3 is 2.47 bits per heavy atom. The molecule has 0 atom stereocenters. The number of aromatic hydroxyl groups is 1. The Kier molecular flexibility index (Phi) is 6.67. The molecule has 0 saturated heterocycles. The van der Waals surface area contributed by atoms with Gasteiger partial charge in [-0.15, -0.1) is 0 Å². The van der Waals surface area contributed by atoms with E-state index in [-0.39, 0.29) is 33.7 Å². The second kappa shape index (κ2) is 9.66. The topological polar surface area (TPSA) is 97.2 Å². The third-order valence-corrected chi connectivity index (χ3v) is 5.57. The number of H-pyrrole nitrogens is 1. The number of hydrogen-bond donors (Lipinski definition) is 2. The molecular weight excluding hydrogens is 491 g/mol. The van der Waals surface area contributed by atoms with Gasteiger partial charge in [-0.25, -0.2) is 4.79 Å². The zero-order chi connectivity index (χ0) is 24.4. The Morgan fingerprint density at radius 1 is 1.06 bits per heavy atom. The highest BCUT2D eigenvalue weighted by Crippen LogP contribution is 2.35. The fourth-order valence-corrected chi connectivity index (χ4v) is 4.00. The summed E-state index contributed by atoms with van der Waals surface area (Å²) < 4.78 is 30.5. The van der Waals surface area contributed by atoms with Crippen molar-refractivity contribution < 1.29 is 18.6 Å². The molecule has 7 nitrogen and oxygen atoms in total. The van der Waals surface area contributed by atoms with Crippen molar-refractivity contribution in [3.8, 4) is 28.3 Å². The molecule has 4 aromatic rings. The summed E-state index contributed by atoms with van der Waals surface area (Å²) in [7, 11) is 0. The van der Waals surface area contributed by atoms with Gasteiger partial charge in [0, 0.05) is 22.0 Å². The van der Waals surface area contributed by atoms with Crippen LogP contribution in [0.25, 0.3) is 16.8 Å². The zero-order valence-electron chi connectivity index (χ0n) is 17.1. The Morgan fingerprint density at radius 2 is 1.79 bits per heavy atom. The number of aromatic nitrogens is 3. The molecular formula is C23H15Cl2F2N3O4. The number of hydrogen-bond acceptors (Lipinski definition) is 5. The SMILES string of the molecule is O=c1cnn(-c2cc(Cl)c(Cc3ccc(O)c(-c4cccc(OC(F)F)c4)c3)c(Cl)c2)c(=O)[nH]1. The predicted octanol–water partition coefficient (Wildman–Crippen LogP) is 4.79. The summed E-state index contributed by atoms with van der Waals surface area (Å²) in [4.78, 5) is 25.4. The van der Waals surface area contributed by atoms with Crippen molar-refractivity contribution in [1.29, 1.82) is 0 Å². The van der Waals surface area contributed by atoms with Gasteiger partial charge in [-0.3, -0.25) is 9.78 Å². The first kappa shape index (κ1) is 23.5. The number of rotatable bonds is 6. The number of halogens is 4. The lowest BCUT2D eigenvalue weighted by Crippen LogP contribution is -2.30. The van der Waals surface area contributed by atoms with E-state index in [0.29, 0.717) is 16.7 Å². The smallest absolute Gasteiger partial charge is 0.387 e. The number of ether oxygens (including phenoxy) is 1. The van der Waals surface area contributed by atoms with Gasteiger partial charge >= 0.3 is 12.3 Å². The van der Waals surface area contributed by atoms with Crippen molar-refractivity contribution in [2.24, 2.45) is 0 Å². The van der Waals surface area contributed by atoms with Crippen LogP contribution in [0.5, 0.6) is 11.5 Å². The molecule has 174 valence electrons. The van der Waals surface area contributed by atoms with E-state index in [1.807, 2.05) is 0 Å². The third-order valence-electron chi connectivity index (χ3n) is 4.90. The third kappa shape index (κ3) is 5.11. The highest BCUT2D eigenvalue weighted by atomic mass is 35.5. The van der Waals surface area contributed by atoms with Gasteiger partial charge in [0.1, 0.15) is 17.7 Å². The van der Waals surface area contributed by atoms with Gasteiger partial charge in [-0.05, 0) is 53.1 Å². The van der Waals surface area contributed by atoms with Gasteiger partial charge < -0.3 is 9.84 Å². The molecule has 4 rings (SSSR count). The number of nitrogens with zero attached hydrogens (tertiary/aromatic N) is 2. The summed E-state index contributed by atoms with van der Waals surface area (Å²) in [6.45, 7) is -2.97. The molecule has 34 heavy (non-hydrogen) atoms. The average Bonchev–Trinajstić information content (AvgIpc) is 2.77. The van der Waals surface area contributed by atoms with E-state index in [0.717, 1.165) is 16.4 Å². The summed E-state index contributed by atoms with van der Waals surface area (Å²) in [5.41, 5.74) is 1.05. The van der Waals surface area contributed by atoms with E-state index in [4.69, 9.17) is 23.2 Å². The van der Waals surface area contributed by atoms with E-state index in [1.54, 1.807) is 24.3 Å². The van der Waals surface area contributed by atoms with Gasteiger partial charge in [0.05, 0.1) is 5.69 Å². The van der Waals surface area contributed by atoms with Crippen LogP contribution in [0.4, 0.5) is 8.78 Å². The van der Waals surface area contributed by atoms with Crippen LogP contribution in [0.3, 0.4) is 0 Å². The standard InChI is InChI=1S/C23H15Cl2F2N3O4/c24-18-9-14(30-23(33)29-21(32)11-28-30)10-19(25)17(18)7-12-4-5-20(31)16(6-12)13-2-1-3-15(8-13)34-22(26)27/h1-6,8-11,22,31H,7H2,(H,29,32,33). The van der Waals surface area contributed by atoms with Crippen molar-refractivity contribution >= 4 is 23.2 Å². The second-order valence-electron chi connectivity index (χ2n) is 7.17. The van der Waals surface area contributed by atoms with Crippen molar-refractivity contribution in [3.63, 3.8) is 0 Å². The highest BCUT2D eigenvalue weighted by molar-refractivity contribution is 6.36. The Bertz CT molecular complexity index is 1460. The maximum absolute atomic E-state index is 12.6. The van der Waals surface area contributed by atoms with Crippen molar-refractivity contribution in [1.82, 2.24) is 14.8 Å². The maximum atomic E-state index is 12.6. The largest absolute Gasteiger partial charge is 0.507 e. The Hall–Kier alpha value is -3.69. The Balaban J connectivity index is 1.67. The number of aromatic amines is 1. The Labute approximate surface area is 200 Å². The van der Waals surface area contributed by atoms with E-state index in [9.17, 15) is 23.5 Å². The molecule has 11 heteroatoms. The fourth-order valence-electron chi connectivity index (χ4n) is 3.39. The second-order valence-corrected chi connectivity index (χ2v) is 7.99.